The highest BCUT2D eigenvalue weighted by atomic mass is 32.1. The van der Waals surface area contributed by atoms with Crippen molar-refractivity contribution in [1.29, 1.82) is 0 Å². The van der Waals surface area contributed by atoms with Crippen LogP contribution in [0, 0.1) is 0 Å². The van der Waals surface area contributed by atoms with Gasteiger partial charge in [0.25, 0.3) is 0 Å². The van der Waals surface area contributed by atoms with Crippen LogP contribution in [0.3, 0.4) is 0 Å². The van der Waals surface area contributed by atoms with Crippen molar-refractivity contribution in [3.05, 3.63) is 65.7 Å². The second-order valence-corrected chi connectivity index (χ2v) is 7.01. The van der Waals surface area contributed by atoms with E-state index in [0.29, 0.717) is 11.3 Å². The SMILES string of the molecule is C=CC(=CC/C=C/N1C=Cc2c(sc3nccc(N(C)N)c23)C(=O)C1)OC.CC. The summed E-state index contributed by atoms with van der Waals surface area (Å²) >= 11 is 1.41. The lowest BCUT2D eigenvalue weighted by Gasteiger charge is -2.13. The summed E-state index contributed by atoms with van der Waals surface area (Å²) < 4.78 is 5.14. The molecule has 154 valence electrons. The van der Waals surface area contributed by atoms with Gasteiger partial charge in [0, 0.05) is 36.6 Å². The normalized spacial score (nSPS) is 13.8. The Hall–Kier alpha value is -2.90. The first-order valence-corrected chi connectivity index (χ1v) is 10.3. The van der Waals surface area contributed by atoms with Gasteiger partial charge in [0.05, 0.1) is 24.2 Å². The molecule has 0 saturated carbocycles. The topological polar surface area (TPSA) is 71.7 Å². The maximum absolute atomic E-state index is 12.8. The van der Waals surface area contributed by atoms with Crippen molar-refractivity contribution in [3.63, 3.8) is 0 Å². The monoisotopic (exact) mass is 412 g/mol. The van der Waals surface area contributed by atoms with E-state index in [4.69, 9.17) is 10.6 Å². The van der Waals surface area contributed by atoms with Crippen LogP contribution in [-0.4, -0.2) is 36.4 Å². The number of thiophene rings is 1. The predicted octanol–water partition coefficient (Wildman–Crippen LogP) is 4.72. The second-order valence-electron chi connectivity index (χ2n) is 6.01. The number of hydrogen-bond donors (Lipinski definition) is 1. The smallest absolute Gasteiger partial charge is 0.193 e. The fourth-order valence-electron chi connectivity index (χ4n) is 2.88. The van der Waals surface area contributed by atoms with Crippen LogP contribution in [0.1, 0.15) is 35.5 Å². The van der Waals surface area contributed by atoms with Gasteiger partial charge in [-0.1, -0.05) is 26.5 Å². The largest absolute Gasteiger partial charge is 0.497 e. The number of pyridine rings is 1. The van der Waals surface area contributed by atoms with Gasteiger partial charge in [0.1, 0.15) is 10.6 Å². The Kier molecular flexibility index (Phi) is 8.18. The minimum Gasteiger partial charge on any atom is -0.497 e. The van der Waals surface area contributed by atoms with Crippen molar-refractivity contribution < 1.29 is 9.53 Å². The molecule has 0 aliphatic carbocycles. The molecule has 3 heterocycles. The molecule has 29 heavy (non-hydrogen) atoms. The van der Waals surface area contributed by atoms with E-state index in [0.717, 1.165) is 27.2 Å². The summed E-state index contributed by atoms with van der Waals surface area (Å²) in [6, 6.07) is 1.86. The van der Waals surface area contributed by atoms with Crippen LogP contribution >= 0.6 is 11.3 Å². The number of anilines is 1. The van der Waals surface area contributed by atoms with Crippen molar-refractivity contribution in [2.24, 2.45) is 5.84 Å². The number of Topliss-reactive ketones (excluding diaryl/α,β-unsaturated/α-hetero) is 1. The third-order valence-electron chi connectivity index (χ3n) is 4.19. The molecule has 0 atom stereocenters. The summed E-state index contributed by atoms with van der Waals surface area (Å²) in [5.74, 6) is 6.74. The molecule has 0 spiro atoms. The number of carbonyl (C=O) groups is 1. The Labute approximate surface area is 176 Å². The number of allylic oxidation sites excluding steroid dienone is 3. The maximum atomic E-state index is 12.8. The van der Waals surface area contributed by atoms with Gasteiger partial charge in [-0.2, -0.15) is 0 Å². The molecule has 0 bridgehead atoms. The molecule has 2 N–H and O–H groups in total. The molecule has 2 aromatic heterocycles. The van der Waals surface area contributed by atoms with Gasteiger partial charge < -0.3 is 14.6 Å². The van der Waals surface area contributed by atoms with E-state index in [1.165, 1.54) is 11.3 Å². The zero-order valence-corrected chi connectivity index (χ0v) is 18.2. The van der Waals surface area contributed by atoms with E-state index in [-0.39, 0.29) is 12.3 Å². The number of hydrazine groups is 1. The van der Waals surface area contributed by atoms with Crippen molar-refractivity contribution >= 4 is 39.1 Å². The zero-order valence-electron chi connectivity index (χ0n) is 17.4. The second kappa shape index (κ2) is 10.6. The van der Waals surface area contributed by atoms with Crippen molar-refractivity contribution in [1.82, 2.24) is 9.88 Å². The van der Waals surface area contributed by atoms with Crippen LogP contribution in [0.5, 0.6) is 0 Å². The Morgan fingerprint density at radius 3 is 2.90 bits per heavy atom. The van der Waals surface area contributed by atoms with Gasteiger partial charge in [0.15, 0.2) is 5.78 Å². The lowest BCUT2D eigenvalue weighted by atomic mass is 10.1. The molecule has 6 nitrogen and oxygen atoms in total. The van der Waals surface area contributed by atoms with Crippen LogP contribution in [0.25, 0.3) is 16.3 Å². The first-order valence-electron chi connectivity index (χ1n) is 9.45. The Morgan fingerprint density at radius 2 is 2.24 bits per heavy atom. The highest BCUT2D eigenvalue weighted by Gasteiger charge is 2.23. The number of carbonyl (C=O) groups excluding carboxylic acids is 1. The average Bonchev–Trinajstić information content (AvgIpc) is 3.04. The molecule has 0 unspecified atom stereocenters. The van der Waals surface area contributed by atoms with E-state index in [2.05, 4.69) is 11.6 Å². The van der Waals surface area contributed by atoms with Gasteiger partial charge in [-0.05, 0) is 30.7 Å². The molecule has 2 aromatic rings. The predicted molar refractivity (Wildman–Crippen MR) is 123 cm³/mol. The summed E-state index contributed by atoms with van der Waals surface area (Å²) in [5.41, 5.74) is 1.73. The number of aromatic nitrogens is 1. The summed E-state index contributed by atoms with van der Waals surface area (Å²) in [4.78, 5) is 20.6. The minimum atomic E-state index is 0.0625. The molecule has 0 radical (unpaired) electrons. The van der Waals surface area contributed by atoms with Crippen LogP contribution < -0.4 is 10.9 Å². The summed E-state index contributed by atoms with van der Waals surface area (Å²) in [6.07, 6.45) is 13.7. The van der Waals surface area contributed by atoms with Gasteiger partial charge >= 0.3 is 0 Å². The van der Waals surface area contributed by atoms with Crippen LogP contribution in [0.2, 0.25) is 0 Å². The summed E-state index contributed by atoms with van der Waals surface area (Å²) in [7, 11) is 3.39. The summed E-state index contributed by atoms with van der Waals surface area (Å²) in [6.45, 7) is 7.96. The number of methoxy groups -OCH3 is 1. The molecule has 7 heteroatoms. The highest BCUT2D eigenvalue weighted by Crippen LogP contribution is 2.37. The van der Waals surface area contributed by atoms with Gasteiger partial charge in [-0.25, -0.2) is 10.8 Å². The molecular formula is C22H28N4O2S. The Bertz CT molecular complexity index is 957. The van der Waals surface area contributed by atoms with Crippen LogP contribution in [-0.2, 0) is 4.74 Å². The molecule has 0 amide bonds. The van der Waals surface area contributed by atoms with Crippen molar-refractivity contribution in [2.45, 2.75) is 20.3 Å². The molecule has 1 aliphatic heterocycles. The molecule has 0 aromatic carbocycles. The third-order valence-corrected chi connectivity index (χ3v) is 5.34. The summed E-state index contributed by atoms with van der Waals surface area (Å²) in [5, 5.41) is 2.47. The average molecular weight is 413 g/mol. The lowest BCUT2D eigenvalue weighted by molar-refractivity contribution is 0.0975. The number of ether oxygens (including phenoxy) is 1. The van der Waals surface area contributed by atoms with E-state index < -0.39 is 0 Å². The van der Waals surface area contributed by atoms with Crippen molar-refractivity contribution in [3.8, 4) is 0 Å². The third kappa shape index (κ3) is 5.13. The molecular weight excluding hydrogens is 384 g/mol. The number of nitrogens with two attached hydrogens (primary N) is 1. The number of fused-ring (bicyclic) bond motifs is 3. The van der Waals surface area contributed by atoms with E-state index >= 15 is 0 Å². The Morgan fingerprint density at radius 1 is 1.48 bits per heavy atom. The zero-order chi connectivity index (χ0) is 21.4. The number of hydrogen-bond acceptors (Lipinski definition) is 7. The standard InChI is InChI=1S/C20H22N4O2S.C2H6/c1-4-14(26-3)7-5-6-11-24-12-9-15-18-16(23(2)21)8-10-22-20(18)27-19(15)17(25)13-24;1-2/h4,6-12H,1,5,13,21H2,2-3H3;1-2H3/b11-6+,14-7?;. The lowest BCUT2D eigenvalue weighted by Crippen LogP contribution is -2.25. The van der Waals surface area contributed by atoms with Crippen LogP contribution in [0.15, 0.2) is 55.2 Å². The number of nitrogens with zero attached hydrogens (tertiary/aromatic N) is 3. The van der Waals surface area contributed by atoms with Gasteiger partial charge in [-0.3, -0.25) is 4.79 Å². The van der Waals surface area contributed by atoms with E-state index in [9.17, 15) is 4.79 Å². The Balaban J connectivity index is 0.00000145. The minimum absolute atomic E-state index is 0.0625. The van der Waals surface area contributed by atoms with E-state index in [1.807, 2.05) is 55.4 Å². The fraction of sp³-hybridized carbons (Fsp3) is 0.273. The van der Waals surface area contributed by atoms with Gasteiger partial charge in [-0.15, -0.1) is 11.3 Å². The maximum Gasteiger partial charge on any atom is 0.193 e. The quantitative estimate of drug-likeness (QED) is 0.320. The molecule has 3 rings (SSSR count). The van der Waals surface area contributed by atoms with Crippen molar-refractivity contribution in [2.75, 3.05) is 25.7 Å². The van der Waals surface area contributed by atoms with Crippen LogP contribution in [0.4, 0.5) is 5.69 Å². The first-order chi connectivity index (χ1) is 14.0. The van der Waals surface area contributed by atoms with Gasteiger partial charge in [0.2, 0.25) is 0 Å². The molecule has 0 saturated heterocycles. The number of rotatable bonds is 6. The number of ketones is 1. The molecule has 0 fully saturated rings. The first kappa shape index (κ1) is 22.4. The fourth-order valence-corrected chi connectivity index (χ4v) is 3.96. The molecule has 1 aliphatic rings. The van der Waals surface area contributed by atoms with E-state index in [1.54, 1.807) is 31.4 Å². The highest BCUT2D eigenvalue weighted by molar-refractivity contribution is 7.21.